The van der Waals surface area contributed by atoms with E-state index in [4.69, 9.17) is 0 Å². The van der Waals surface area contributed by atoms with Gasteiger partial charge in [-0.3, -0.25) is 0 Å². The summed E-state index contributed by atoms with van der Waals surface area (Å²) < 4.78 is 0. The predicted octanol–water partition coefficient (Wildman–Crippen LogP) is 2.62. The zero-order valence-electron chi connectivity index (χ0n) is 10.5. The first-order chi connectivity index (χ1) is 8.93. The van der Waals surface area contributed by atoms with Crippen molar-refractivity contribution in [2.24, 2.45) is 0 Å². The molecule has 2 aromatic rings. The largest absolute Gasteiger partial charge is 0.349 e. The maximum atomic E-state index is 4.25. The third-order valence-corrected chi connectivity index (χ3v) is 3.68. The fourth-order valence-electron chi connectivity index (χ4n) is 2.77. The Hall–Kier alpha value is -1.61. The number of H-pyrrole nitrogens is 1. The summed E-state index contributed by atoms with van der Waals surface area (Å²) in [5.41, 5.74) is 3.00. The van der Waals surface area contributed by atoms with Gasteiger partial charge in [-0.1, -0.05) is 24.3 Å². The van der Waals surface area contributed by atoms with Gasteiger partial charge in [0.15, 0.2) is 0 Å². The van der Waals surface area contributed by atoms with E-state index in [-0.39, 0.29) is 0 Å². The molecule has 1 aliphatic carbocycles. The van der Waals surface area contributed by atoms with E-state index < -0.39 is 0 Å². The Kier molecular flexibility index (Phi) is 3.42. The highest BCUT2D eigenvalue weighted by Gasteiger charge is 2.18. The summed E-state index contributed by atoms with van der Waals surface area (Å²) in [5, 5.41) is 3.66. The van der Waals surface area contributed by atoms with E-state index in [1.807, 2.05) is 12.4 Å². The topological polar surface area (TPSA) is 40.7 Å². The molecule has 94 valence electrons. The third kappa shape index (κ3) is 2.46. The summed E-state index contributed by atoms with van der Waals surface area (Å²) in [5.74, 6) is 1.06. The van der Waals surface area contributed by atoms with Gasteiger partial charge in [-0.25, -0.2) is 4.98 Å². The van der Waals surface area contributed by atoms with Gasteiger partial charge < -0.3 is 10.3 Å². The van der Waals surface area contributed by atoms with Gasteiger partial charge in [-0.05, 0) is 30.4 Å². The summed E-state index contributed by atoms with van der Waals surface area (Å²) in [6.45, 7) is 0.979. The molecule has 1 aromatic carbocycles. The summed E-state index contributed by atoms with van der Waals surface area (Å²) in [6.07, 6.45) is 8.42. The SMILES string of the molecule is c1ccc2c(c1)CCCC2NCCc1ncc[nH]1. The van der Waals surface area contributed by atoms with Crippen molar-refractivity contribution >= 4 is 0 Å². The average Bonchev–Trinajstić information content (AvgIpc) is 2.92. The van der Waals surface area contributed by atoms with Crippen LogP contribution in [0.25, 0.3) is 0 Å². The highest BCUT2D eigenvalue weighted by atomic mass is 14.9. The van der Waals surface area contributed by atoms with E-state index >= 15 is 0 Å². The van der Waals surface area contributed by atoms with Crippen molar-refractivity contribution in [1.29, 1.82) is 0 Å². The lowest BCUT2D eigenvalue weighted by Crippen LogP contribution is -2.27. The Morgan fingerprint density at radius 1 is 1.33 bits per heavy atom. The molecule has 0 spiro atoms. The Morgan fingerprint density at radius 2 is 2.28 bits per heavy atom. The van der Waals surface area contributed by atoms with E-state index in [2.05, 4.69) is 39.6 Å². The van der Waals surface area contributed by atoms with Crippen LogP contribution in [0.3, 0.4) is 0 Å². The number of aryl methyl sites for hydroxylation is 1. The second-order valence-corrected chi connectivity index (χ2v) is 4.88. The first kappa shape index (κ1) is 11.5. The van der Waals surface area contributed by atoms with Crippen LogP contribution in [0, 0.1) is 0 Å². The van der Waals surface area contributed by atoms with Gasteiger partial charge in [0.2, 0.25) is 0 Å². The third-order valence-electron chi connectivity index (χ3n) is 3.68. The zero-order valence-corrected chi connectivity index (χ0v) is 10.5. The minimum Gasteiger partial charge on any atom is -0.349 e. The molecule has 1 aromatic heterocycles. The molecule has 0 aliphatic heterocycles. The van der Waals surface area contributed by atoms with Crippen molar-refractivity contribution in [3.63, 3.8) is 0 Å². The molecule has 3 nitrogen and oxygen atoms in total. The van der Waals surface area contributed by atoms with Crippen LogP contribution in [0.4, 0.5) is 0 Å². The Labute approximate surface area is 108 Å². The van der Waals surface area contributed by atoms with Gasteiger partial charge in [-0.2, -0.15) is 0 Å². The number of hydrogen-bond acceptors (Lipinski definition) is 2. The molecule has 0 saturated heterocycles. The van der Waals surface area contributed by atoms with Crippen molar-refractivity contribution in [3.05, 3.63) is 53.6 Å². The number of benzene rings is 1. The van der Waals surface area contributed by atoms with Gasteiger partial charge >= 0.3 is 0 Å². The molecule has 0 fully saturated rings. The zero-order chi connectivity index (χ0) is 12.2. The first-order valence-electron chi connectivity index (χ1n) is 6.73. The maximum Gasteiger partial charge on any atom is 0.107 e. The molecule has 0 saturated carbocycles. The van der Waals surface area contributed by atoms with Crippen LogP contribution in [0.5, 0.6) is 0 Å². The Balaban J connectivity index is 1.60. The second-order valence-electron chi connectivity index (χ2n) is 4.88. The molecular formula is C15H19N3. The van der Waals surface area contributed by atoms with E-state index in [0.29, 0.717) is 6.04 Å². The standard InChI is InChI=1S/C15H19N3/c1-2-6-13-12(4-1)5-3-7-14(13)16-9-8-15-17-10-11-18-15/h1-2,4,6,10-11,14,16H,3,5,7-9H2,(H,17,18). The van der Waals surface area contributed by atoms with Crippen LogP contribution in [0.2, 0.25) is 0 Å². The van der Waals surface area contributed by atoms with Gasteiger partial charge in [0.05, 0.1) is 0 Å². The number of hydrogen-bond donors (Lipinski definition) is 2. The van der Waals surface area contributed by atoms with Gasteiger partial charge in [0.25, 0.3) is 0 Å². The van der Waals surface area contributed by atoms with E-state index in [1.54, 1.807) is 0 Å². The average molecular weight is 241 g/mol. The minimum atomic E-state index is 0.518. The van der Waals surface area contributed by atoms with E-state index in [0.717, 1.165) is 18.8 Å². The van der Waals surface area contributed by atoms with Crippen LogP contribution in [0.15, 0.2) is 36.7 Å². The van der Waals surface area contributed by atoms with Crippen molar-refractivity contribution < 1.29 is 0 Å². The molecule has 3 rings (SSSR count). The number of fused-ring (bicyclic) bond motifs is 1. The van der Waals surface area contributed by atoms with Crippen molar-refractivity contribution in [1.82, 2.24) is 15.3 Å². The smallest absolute Gasteiger partial charge is 0.107 e. The molecule has 3 heteroatoms. The molecule has 1 unspecified atom stereocenters. The number of nitrogens with zero attached hydrogens (tertiary/aromatic N) is 1. The molecular weight excluding hydrogens is 222 g/mol. The summed E-state index contributed by atoms with van der Waals surface area (Å²) in [4.78, 5) is 7.39. The molecule has 18 heavy (non-hydrogen) atoms. The summed E-state index contributed by atoms with van der Waals surface area (Å²) in [7, 11) is 0. The Morgan fingerprint density at radius 3 is 3.17 bits per heavy atom. The van der Waals surface area contributed by atoms with Crippen molar-refractivity contribution in [2.45, 2.75) is 31.7 Å². The molecule has 0 amide bonds. The molecule has 2 N–H and O–H groups in total. The molecule has 0 radical (unpaired) electrons. The van der Waals surface area contributed by atoms with Gasteiger partial charge in [0.1, 0.15) is 5.82 Å². The molecule has 0 bridgehead atoms. The monoisotopic (exact) mass is 241 g/mol. The molecule has 1 atom stereocenters. The lowest BCUT2D eigenvalue weighted by molar-refractivity contribution is 0.461. The predicted molar refractivity (Wildman–Crippen MR) is 72.4 cm³/mol. The number of imidazole rings is 1. The quantitative estimate of drug-likeness (QED) is 0.864. The van der Waals surface area contributed by atoms with Gasteiger partial charge in [0, 0.05) is 31.4 Å². The van der Waals surface area contributed by atoms with Gasteiger partial charge in [-0.15, -0.1) is 0 Å². The summed E-state index contributed by atoms with van der Waals surface area (Å²) in [6, 6.07) is 9.33. The fraction of sp³-hybridized carbons (Fsp3) is 0.400. The van der Waals surface area contributed by atoms with Crippen LogP contribution >= 0.6 is 0 Å². The van der Waals surface area contributed by atoms with Crippen molar-refractivity contribution in [3.8, 4) is 0 Å². The summed E-state index contributed by atoms with van der Waals surface area (Å²) >= 11 is 0. The maximum absolute atomic E-state index is 4.25. The highest BCUT2D eigenvalue weighted by molar-refractivity contribution is 5.32. The second kappa shape index (κ2) is 5.36. The first-order valence-corrected chi connectivity index (χ1v) is 6.73. The Bertz CT molecular complexity index is 490. The highest BCUT2D eigenvalue weighted by Crippen LogP contribution is 2.29. The van der Waals surface area contributed by atoms with E-state index in [9.17, 15) is 0 Å². The normalized spacial score (nSPS) is 18.6. The number of aromatic nitrogens is 2. The lowest BCUT2D eigenvalue weighted by atomic mass is 9.88. The van der Waals surface area contributed by atoms with Crippen molar-refractivity contribution in [2.75, 3.05) is 6.54 Å². The minimum absolute atomic E-state index is 0.518. The molecule has 1 heterocycles. The molecule has 1 aliphatic rings. The van der Waals surface area contributed by atoms with Crippen LogP contribution in [0.1, 0.15) is 35.8 Å². The number of rotatable bonds is 4. The number of nitrogens with one attached hydrogen (secondary N) is 2. The lowest BCUT2D eigenvalue weighted by Gasteiger charge is -2.26. The van der Waals surface area contributed by atoms with Crippen LogP contribution in [-0.4, -0.2) is 16.5 Å². The van der Waals surface area contributed by atoms with E-state index in [1.165, 1.54) is 30.4 Å². The van der Waals surface area contributed by atoms with Crippen LogP contribution < -0.4 is 5.32 Å². The fourth-order valence-corrected chi connectivity index (χ4v) is 2.77. The number of aromatic amines is 1. The van der Waals surface area contributed by atoms with Crippen LogP contribution in [-0.2, 0) is 12.8 Å².